The lowest BCUT2D eigenvalue weighted by Crippen LogP contribution is -2.39. The first-order valence-corrected chi connectivity index (χ1v) is 4.62. The minimum absolute atomic E-state index is 0.139. The van der Waals surface area contributed by atoms with Gasteiger partial charge in [0.1, 0.15) is 0 Å². The molecule has 0 aliphatic carbocycles. The van der Waals surface area contributed by atoms with Gasteiger partial charge in [0.05, 0.1) is 13.2 Å². The van der Waals surface area contributed by atoms with Crippen molar-refractivity contribution in [3.05, 3.63) is 0 Å². The van der Waals surface area contributed by atoms with Crippen molar-refractivity contribution < 1.29 is 40.2 Å². The largest absolute Gasteiger partial charge is 0.479 e. The molecule has 2 atom stereocenters. The predicted molar refractivity (Wildman–Crippen MR) is 54.3 cm³/mol. The monoisotopic (exact) mass is 255 g/mol. The fourth-order valence-electron chi connectivity index (χ4n) is 0.553. The first-order chi connectivity index (χ1) is 7.88. The second kappa shape index (κ2) is 11.2. The minimum Gasteiger partial charge on any atom is -0.479 e. The standard InChI is InChI=1S/C4H11NO2.C4H6O6/c6-3-1-5-2-4-7;5-1(3(7)8)2(6)4(9)10/h5-7H,1-4H2;1-2,5-6H,(H,7,8)(H,9,10). The van der Waals surface area contributed by atoms with Crippen LogP contribution >= 0.6 is 0 Å². The Kier molecular flexibility index (Phi) is 12.0. The summed E-state index contributed by atoms with van der Waals surface area (Å²) in [5.74, 6) is -3.54. The van der Waals surface area contributed by atoms with Gasteiger partial charge < -0.3 is 36.0 Å². The lowest BCUT2D eigenvalue weighted by Gasteiger charge is -2.07. The lowest BCUT2D eigenvalue weighted by molar-refractivity contribution is -0.165. The van der Waals surface area contributed by atoms with Crippen molar-refractivity contribution in [3.63, 3.8) is 0 Å². The molecule has 0 aliphatic heterocycles. The number of aliphatic hydroxyl groups is 4. The molecule has 9 nitrogen and oxygen atoms in total. The van der Waals surface area contributed by atoms with Crippen LogP contribution in [0.4, 0.5) is 0 Å². The number of aliphatic carboxylic acids is 2. The average Bonchev–Trinajstić information content (AvgIpc) is 2.28. The van der Waals surface area contributed by atoms with Gasteiger partial charge in [-0.05, 0) is 0 Å². The van der Waals surface area contributed by atoms with Crippen LogP contribution in [0.15, 0.2) is 0 Å². The van der Waals surface area contributed by atoms with E-state index in [0.717, 1.165) is 0 Å². The molecular weight excluding hydrogens is 238 g/mol. The van der Waals surface area contributed by atoms with Crippen LogP contribution in [0.1, 0.15) is 0 Å². The van der Waals surface area contributed by atoms with Gasteiger partial charge in [0.25, 0.3) is 0 Å². The molecule has 0 spiro atoms. The van der Waals surface area contributed by atoms with Crippen molar-refractivity contribution in [2.24, 2.45) is 0 Å². The number of hydrogen-bond donors (Lipinski definition) is 7. The van der Waals surface area contributed by atoms with Crippen molar-refractivity contribution in [2.75, 3.05) is 26.3 Å². The summed E-state index contributed by atoms with van der Waals surface area (Å²) in [5.41, 5.74) is 0. The molecule has 102 valence electrons. The van der Waals surface area contributed by atoms with E-state index in [1.807, 2.05) is 0 Å². The Hall–Kier alpha value is -1.26. The van der Waals surface area contributed by atoms with Gasteiger partial charge in [-0.3, -0.25) is 0 Å². The molecule has 2 unspecified atom stereocenters. The van der Waals surface area contributed by atoms with E-state index in [0.29, 0.717) is 13.1 Å². The highest BCUT2D eigenvalue weighted by Gasteiger charge is 2.29. The topological polar surface area (TPSA) is 168 Å². The first-order valence-electron chi connectivity index (χ1n) is 4.62. The predicted octanol–water partition coefficient (Wildman–Crippen LogP) is -3.56. The molecule has 0 rings (SSSR count). The Morgan fingerprint density at radius 2 is 1.18 bits per heavy atom. The smallest absolute Gasteiger partial charge is 0.335 e. The van der Waals surface area contributed by atoms with Gasteiger partial charge in [0.2, 0.25) is 0 Å². The molecule has 7 N–H and O–H groups in total. The van der Waals surface area contributed by atoms with E-state index in [9.17, 15) is 9.59 Å². The Morgan fingerprint density at radius 3 is 1.35 bits per heavy atom. The molecule has 0 aromatic rings. The quantitative estimate of drug-likeness (QED) is 0.228. The summed E-state index contributed by atoms with van der Waals surface area (Å²) in [6.45, 7) is 1.42. The number of hydrogen-bond acceptors (Lipinski definition) is 7. The Morgan fingerprint density at radius 1 is 0.882 bits per heavy atom. The zero-order chi connectivity index (χ0) is 13.8. The van der Waals surface area contributed by atoms with E-state index >= 15 is 0 Å². The maximum absolute atomic E-state index is 9.77. The number of nitrogens with one attached hydrogen (secondary N) is 1. The molecule has 17 heavy (non-hydrogen) atoms. The molecule has 0 saturated heterocycles. The van der Waals surface area contributed by atoms with Crippen molar-refractivity contribution in [1.82, 2.24) is 5.32 Å². The third-order valence-corrected chi connectivity index (χ3v) is 1.38. The van der Waals surface area contributed by atoms with E-state index in [1.54, 1.807) is 0 Å². The van der Waals surface area contributed by atoms with E-state index in [4.69, 9.17) is 30.6 Å². The summed E-state index contributed by atoms with van der Waals surface area (Å²) in [6.07, 6.45) is -4.53. The zero-order valence-corrected chi connectivity index (χ0v) is 8.98. The molecule has 0 radical (unpaired) electrons. The van der Waals surface area contributed by atoms with Gasteiger partial charge >= 0.3 is 11.9 Å². The molecule has 0 saturated carbocycles. The maximum Gasteiger partial charge on any atom is 0.335 e. The highest BCUT2D eigenvalue weighted by Crippen LogP contribution is 1.92. The Labute approximate surface area is 96.9 Å². The fourth-order valence-corrected chi connectivity index (χ4v) is 0.553. The van der Waals surface area contributed by atoms with Gasteiger partial charge in [0.15, 0.2) is 12.2 Å². The van der Waals surface area contributed by atoms with Crippen LogP contribution in [0.3, 0.4) is 0 Å². The number of carboxylic acids is 2. The van der Waals surface area contributed by atoms with Crippen LogP contribution in [0.5, 0.6) is 0 Å². The first kappa shape index (κ1) is 18.1. The van der Waals surface area contributed by atoms with Gasteiger partial charge in [-0.1, -0.05) is 0 Å². The number of aliphatic hydroxyl groups excluding tert-OH is 4. The second-order valence-electron chi connectivity index (χ2n) is 2.76. The Balaban J connectivity index is 0. The average molecular weight is 255 g/mol. The molecule has 0 amide bonds. The van der Waals surface area contributed by atoms with Crippen LogP contribution in [0.2, 0.25) is 0 Å². The summed E-state index contributed by atoms with van der Waals surface area (Å²) in [4.78, 5) is 19.5. The molecular formula is C8H17NO8. The maximum atomic E-state index is 9.77. The fraction of sp³-hybridized carbons (Fsp3) is 0.750. The highest BCUT2D eigenvalue weighted by atomic mass is 16.4. The number of carboxylic acid groups (broad SMARTS) is 2. The van der Waals surface area contributed by atoms with Crippen LogP contribution in [0.25, 0.3) is 0 Å². The third kappa shape index (κ3) is 11.0. The summed E-state index contributed by atoms with van der Waals surface area (Å²) < 4.78 is 0. The molecule has 0 heterocycles. The van der Waals surface area contributed by atoms with E-state index in [2.05, 4.69) is 5.32 Å². The van der Waals surface area contributed by atoms with E-state index in [-0.39, 0.29) is 13.2 Å². The summed E-state index contributed by atoms with van der Waals surface area (Å²) in [6, 6.07) is 0. The minimum atomic E-state index is -2.27. The molecule has 0 bridgehead atoms. The lowest BCUT2D eigenvalue weighted by atomic mass is 10.2. The van der Waals surface area contributed by atoms with Crippen LogP contribution < -0.4 is 5.32 Å². The van der Waals surface area contributed by atoms with E-state index in [1.165, 1.54) is 0 Å². The Bertz CT molecular complexity index is 200. The summed E-state index contributed by atoms with van der Waals surface area (Å²) in [5, 5.41) is 51.6. The summed E-state index contributed by atoms with van der Waals surface area (Å²) >= 11 is 0. The highest BCUT2D eigenvalue weighted by molar-refractivity contribution is 5.83. The van der Waals surface area contributed by atoms with Gasteiger partial charge in [-0.25, -0.2) is 9.59 Å². The number of rotatable bonds is 7. The van der Waals surface area contributed by atoms with Crippen molar-refractivity contribution in [2.45, 2.75) is 12.2 Å². The third-order valence-electron chi connectivity index (χ3n) is 1.38. The second-order valence-corrected chi connectivity index (χ2v) is 2.76. The summed E-state index contributed by atoms with van der Waals surface area (Å²) in [7, 11) is 0. The van der Waals surface area contributed by atoms with Crippen molar-refractivity contribution >= 4 is 11.9 Å². The van der Waals surface area contributed by atoms with Crippen molar-refractivity contribution in [3.8, 4) is 0 Å². The normalized spacial score (nSPS) is 13.2. The van der Waals surface area contributed by atoms with E-state index < -0.39 is 24.1 Å². The van der Waals surface area contributed by atoms with Crippen LogP contribution in [-0.2, 0) is 9.59 Å². The van der Waals surface area contributed by atoms with Crippen molar-refractivity contribution in [1.29, 1.82) is 0 Å². The van der Waals surface area contributed by atoms with Crippen LogP contribution in [0, 0.1) is 0 Å². The molecule has 0 aromatic heterocycles. The van der Waals surface area contributed by atoms with Gasteiger partial charge in [0, 0.05) is 13.1 Å². The molecule has 0 aliphatic rings. The van der Waals surface area contributed by atoms with Gasteiger partial charge in [-0.15, -0.1) is 0 Å². The van der Waals surface area contributed by atoms with Gasteiger partial charge in [-0.2, -0.15) is 0 Å². The van der Waals surface area contributed by atoms with Crippen LogP contribution in [-0.4, -0.2) is 81.1 Å². The SMILES string of the molecule is O=C(O)C(O)C(O)C(=O)O.OCCNCCO. The molecule has 0 fully saturated rings. The molecule has 0 aromatic carbocycles. The zero-order valence-electron chi connectivity index (χ0n) is 8.98. The molecule has 9 heteroatoms. The number of carbonyl (C=O) groups is 2.